The first-order valence-corrected chi connectivity index (χ1v) is 12.2. The van der Waals surface area contributed by atoms with Crippen LogP contribution in [0.25, 0.3) is 10.9 Å². The number of imide groups is 1. The molecule has 1 saturated heterocycles. The fraction of sp³-hybridized carbons (Fsp3) is 0.192. The number of hydrogen-bond acceptors (Lipinski definition) is 5. The van der Waals surface area contributed by atoms with Crippen molar-refractivity contribution in [3.05, 3.63) is 89.1 Å². The van der Waals surface area contributed by atoms with Crippen molar-refractivity contribution >= 4 is 46.3 Å². The minimum absolute atomic E-state index is 0.153. The van der Waals surface area contributed by atoms with Crippen LogP contribution in [0.3, 0.4) is 0 Å². The van der Waals surface area contributed by atoms with Gasteiger partial charge >= 0.3 is 6.03 Å². The number of urea groups is 1. The summed E-state index contributed by atoms with van der Waals surface area (Å²) in [6.07, 6.45) is 5.05. The zero-order chi connectivity index (χ0) is 26.9. The Morgan fingerprint density at radius 1 is 1.13 bits per heavy atom. The Kier molecular flexibility index (Phi) is 6.60. The van der Waals surface area contributed by atoms with Gasteiger partial charge in [0.15, 0.2) is 5.54 Å². The van der Waals surface area contributed by atoms with E-state index in [9.17, 15) is 19.2 Å². The van der Waals surface area contributed by atoms with Crippen LogP contribution in [0.5, 0.6) is 0 Å². The van der Waals surface area contributed by atoms with Gasteiger partial charge in [0.25, 0.3) is 11.8 Å². The lowest BCUT2D eigenvalue weighted by Gasteiger charge is -2.27. The lowest BCUT2D eigenvalue weighted by atomic mass is 9.97. The van der Waals surface area contributed by atoms with Gasteiger partial charge < -0.3 is 25.5 Å². The average Bonchev–Trinajstić information content (AvgIpc) is 3.59. The number of hydrogen-bond donors (Lipinski definition) is 5. The van der Waals surface area contributed by atoms with E-state index < -0.39 is 35.3 Å². The number of imidazole rings is 1. The van der Waals surface area contributed by atoms with Gasteiger partial charge in [-0.05, 0) is 23.8 Å². The van der Waals surface area contributed by atoms with Crippen molar-refractivity contribution in [1.29, 1.82) is 0 Å². The second-order valence-corrected chi connectivity index (χ2v) is 9.37. The molecule has 2 atom stereocenters. The number of aryl methyl sites for hydroxylation is 1. The molecule has 1 fully saturated rings. The predicted octanol–water partition coefficient (Wildman–Crippen LogP) is 1.75. The summed E-state index contributed by atoms with van der Waals surface area (Å²) in [5.41, 5.74) is 0.296. The summed E-state index contributed by atoms with van der Waals surface area (Å²) in [4.78, 5) is 59.0. The van der Waals surface area contributed by atoms with Crippen LogP contribution in [0, 0.1) is 0 Å². The second-order valence-electron chi connectivity index (χ2n) is 8.96. The molecule has 4 aromatic rings. The SMILES string of the molecule is Cn1ccnc1C1(CNC(=O)C(Cc2c[nH]c3ccccc23)NC(=O)c2ccccc2Cl)NC(=O)NC1=O. The zero-order valence-electron chi connectivity index (χ0n) is 20.2. The molecule has 5 rings (SSSR count). The van der Waals surface area contributed by atoms with E-state index in [4.69, 9.17) is 11.6 Å². The van der Waals surface area contributed by atoms with Crippen LogP contribution in [0.2, 0.25) is 5.02 Å². The van der Waals surface area contributed by atoms with E-state index >= 15 is 0 Å². The van der Waals surface area contributed by atoms with Gasteiger partial charge in [0, 0.05) is 43.0 Å². The van der Waals surface area contributed by atoms with Crippen molar-refractivity contribution in [1.82, 2.24) is 35.8 Å². The Morgan fingerprint density at radius 2 is 1.89 bits per heavy atom. The summed E-state index contributed by atoms with van der Waals surface area (Å²) in [7, 11) is 1.67. The summed E-state index contributed by atoms with van der Waals surface area (Å²) in [5, 5.41) is 11.5. The largest absolute Gasteiger partial charge is 0.361 e. The summed E-state index contributed by atoms with van der Waals surface area (Å²) in [6, 6.07) is 12.4. The van der Waals surface area contributed by atoms with Gasteiger partial charge in [0.1, 0.15) is 11.9 Å². The molecule has 2 aromatic carbocycles. The van der Waals surface area contributed by atoms with Crippen LogP contribution in [0.15, 0.2) is 67.1 Å². The predicted molar refractivity (Wildman–Crippen MR) is 139 cm³/mol. The first-order valence-electron chi connectivity index (χ1n) is 11.8. The molecule has 5 N–H and O–H groups in total. The van der Waals surface area contributed by atoms with E-state index in [0.29, 0.717) is 0 Å². The first kappa shape index (κ1) is 25.0. The molecule has 5 amide bonds. The van der Waals surface area contributed by atoms with Crippen molar-refractivity contribution in [2.24, 2.45) is 7.05 Å². The number of amides is 5. The highest BCUT2D eigenvalue weighted by Crippen LogP contribution is 2.24. The number of aromatic amines is 1. The molecule has 0 radical (unpaired) electrons. The number of carbonyl (C=O) groups is 4. The van der Waals surface area contributed by atoms with Gasteiger partial charge in [-0.1, -0.05) is 41.9 Å². The number of benzene rings is 2. The molecule has 0 saturated carbocycles. The smallest absolute Gasteiger partial charge is 0.322 e. The fourth-order valence-electron chi connectivity index (χ4n) is 4.58. The number of H-pyrrole nitrogens is 1. The number of carbonyl (C=O) groups excluding carboxylic acids is 4. The van der Waals surface area contributed by atoms with Gasteiger partial charge in [-0.2, -0.15) is 0 Å². The van der Waals surface area contributed by atoms with Crippen LogP contribution in [-0.2, 0) is 28.6 Å². The number of para-hydroxylation sites is 1. The molecule has 1 aliphatic rings. The number of rotatable bonds is 8. The highest BCUT2D eigenvalue weighted by Gasteiger charge is 2.51. The van der Waals surface area contributed by atoms with Crippen LogP contribution in [0.1, 0.15) is 21.7 Å². The van der Waals surface area contributed by atoms with Gasteiger partial charge in [-0.25, -0.2) is 9.78 Å². The van der Waals surface area contributed by atoms with Crippen molar-refractivity contribution in [2.45, 2.75) is 18.0 Å². The van der Waals surface area contributed by atoms with E-state index in [-0.39, 0.29) is 29.4 Å². The summed E-state index contributed by atoms with van der Waals surface area (Å²) < 4.78 is 1.58. The molecule has 12 heteroatoms. The van der Waals surface area contributed by atoms with E-state index in [0.717, 1.165) is 16.5 Å². The topological polar surface area (TPSA) is 150 Å². The molecule has 0 bridgehead atoms. The van der Waals surface area contributed by atoms with Gasteiger partial charge in [-0.3, -0.25) is 19.7 Å². The minimum atomic E-state index is -1.62. The lowest BCUT2D eigenvalue weighted by molar-refractivity contribution is -0.126. The average molecular weight is 534 g/mol. The van der Waals surface area contributed by atoms with Crippen LogP contribution >= 0.6 is 11.6 Å². The Morgan fingerprint density at radius 3 is 2.61 bits per heavy atom. The van der Waals surface area contributed by atoms with Crippen molar-refractivity contribution in [2.75, 3.05) is 6.54 Å². The van der Waals surface area contributed by atoms with E-state index in [1.807, 2.05) is 24.3 Å². The van der Waals surface area contributed by atoms with Crippen LogP contribution in [-0.4, -0.2) is 50.9 Å². The molecule has 0 spiro atoms. The third kappa shape index (κ3) is 4.59. The third-order valence-corrected chi connectivity index (χ3v) is 6.84. The molecule has 3 heterocycles. The Bertz CT molecular complexity index is 1560. The molecular weight excluding hydrogens is 510 g/mol. The maximum Gasteiger partial charge on any atom is 0.322 e. The monoisotopic (exact) mass is 533 g/mol. The van der Waals surface area contributed by atoms with Crippen LogP contribution < -0.4 is 21.3 Å². The molecule has 1 aliphatic heterocycles. The minimum Gasteiger partial charge on any atom is -0.361 e. The summed E-state index contributed by atoms with van der Waals surface area (Å²) >= 11 is 6.21. The number of nitrogens with one attached hydrogen (secondary N) is 5. The molecule has 38 heavy (non-hydrogen) atoms. The van der Waals surface area contributed by atoms with Crippen molar-refractivity contribution < 1.29 is 19.2 Å². The highest BCUT2D eigenvalue weighted by molar-refractivity contribution is 6.33. The lowest BCUT2D eigenvalue weighted by Crippen LogP contribution is -2.57. The molecule has 2 unspecified atom stereocenters. The van der Waals surface area contributed by atoms with Crippen LogP contribution in [0.4, 0.5) is 4.79 Å². The van der Waals surface area contributed by atoms with Crippen molar-refractivity contribution in [3.63, 3.8) is 0 Å². The quantitative estimate of drug-likeness (QED) is 0.219. The van der Waals surface area contributed by atoms with E-state index in [1.165, 1.54) is 6.20 Å². The molecule has 2 aromatic heterocycles. The fourth-order valence-corrected chi connectivity index (χ4v) is 4.80. The van der Waals surface area contributed by atoms with Gasteiger partial charge in [0.2, 0.25) is 5.91 Å². The first-order chi connectivity index (χ1) is 18.3. The summed E-state index contributed by atoms with van der Waals surface area (Å²) in [6.45, 7) is -0.291. The highest BCUT2D eigenvalue weighted by atomic mass is 35.5. The normalized spacial score (nSPS) is 17.6. The summed E-state index contributed by atoms with van der Waals surface area (Å²) in [5.74, 6) is -1.49. The molecular formula is C26H24ClN7O4. The second kappa shape index (κ2) is 10.0. The molecule has 194 valence electrons. The molecule has 0 aliphatic carbocycles. The zero-order valence-corrected chi connectivity index (χ0v) is 21.0. The Hall–Kier alpha value is -4.64. The Labute approximate surface area is 222 Å². The number of fused-ring (bicyclic) bond motifs is 1. The van der Waals surface area contributed by atoms with Crippen molar-refractivity contribution in [3.8, 4) is 0 Å². The maximum atomic E-state index is 13.6. The van der Waals surface area contributed by atoms with Gasteiger partial charge in [-0.15, -0.1) is 0 Å². The maximum absolute atomic E-state index is 13.6. The van der Waals surface area contributed by atoms with E-state index in [1.54, 1.807) is 48.3 Å². The third-order valence-electron chi connectivity index (χ3n) is 6.51. The van der Waals surface area contributed by atoms with E-state index in [2.05, 4.69) is 31.2 Å². The molecule has 11 nitrogen and oxygen atoms in total. The number of aromatic nitrogens is 3. The van der Waals surface area contributed by atoms with Gasteiger partial charge in [0.05, 0.1) is 17.1 Å². The standard InChI is InChI=1S/C26H24ClN7O4/c1-34-11-10-28-23(34)26(24(37)32-25(38)33-26)14-30-22(36)20(31-21(35)17-7-2-4-8-18(17)27)12-15-13-29-19-9-5-3-6-16(15)19/h2-11,13,20,29H,12,14H2,1H3,(H,30,36)(H,31,35)(H2,32,33,37,38). The number of nitrogens with zero attached hydrogens (tertiary/aromatic N) is 2. The number of halogens is 1. The Balaban J connectivity index is 1.43.